The van der Waals surface area contributed by atoms with E-state index in [0.717, 1.165) is 19.4 Å². The van der Waals surface area contributed by atoms with E-state index in [1.54, 1.807) is 0 Å². The molecule has 88 valence electrons. The van der Waals surface area contributed by atoms with Gasteiger partial charge in [-0.15, -0.1) is 0 Å². The maximum atomic E-state index is 10.5. The summed E-state index contributed by atoms with van der Waals surface area (Å²) in [7, 11) is 0. The van der Waals surface area contributed by atoms with Gasteiger partial charge in [-0.25, -0.2) is 0 Å². The Morgan fingerprint density at radius 2 is 2.00 bits per heavy atom. The van der Waals surface area contributed by atoms with Crippen LogP contribution in [0.15, 0.2) is 30.3 Å². The van der Waals surface area contributed by atoms with E-state index in [0.29, 0.717) is 12.0 Å². The maximum Gasteiger partial charge on any atom is 0.0700 e. The Kier molecular flexibility index (Phi) is 3.31. The van der Waals surface area contributed by atoms with Gasteiger partial charge in [-0.1, -0.05) is 44.2 Å². The number of nitrogens with one attached hydrogen (secondary N) is 1. The summed E-state index contributed by atoms with van der Waals surface area (Å²) >= 11 is 0. The molecular weight excluding hydrogens is 198 g/mol. The third-order valence-electron chi connectivity index (χ3n) is 3.78. The van der Waals surface area contributed by atoms with Gasteiger partial charge in [-0.2, -0.15) is 0 Å². The lowest BCUT2D eigenvalue weighted by atomic mass is 9.77. The Morgan fingerprint density at radius 3 is 2.62 bits per heavy atom. The summed E-state index contributed by atoms with van der Waals surface area (Å²) in [5, 5.41) is 14.0. The number of hydrogen-bond donors (Lipinski definition) is 2. The molecule has 1 heterocycles. The van der Waals surface area contributed by atoms with Crippen LogP contribution in [-0.4, -0.2) is 17.3 Å². The highest BCUT2D eigenvalue weighted by atomic mass is 16.3. The molecule has 2 heteroatoms. The van der Waals surface area contributed by atoms with E-state index in [1.807, 2.05) is 6.07 Å². The Morgan fingerprint density at radius 1 is 1.31 bits per heavy atom. The van der Waals surface area contributed by atoms with Crippen molar-refractivity contribution in [2.45, 2.75) is 38.3 Å². The van der Waals surface area contributed by atoms with Crippen LogP contribution in [0.5, 0.6) is 0 Å². The number of piperidine rings is 1. The first-order chi connectivity index (χ1) is 7.62. The molecule has 0 amide bonds. The molecule has 1 aromatic carbocycles. The van der Waals surface area contributed by atoms with Crippen molar-refractivity contribution < 1.29 is 5.11 Å². The molecule has 0 bridgehead atoms. The zero-order chi connectivity index (χ0) is 11.6. The van der Waals surface area contributed by atoms with E-state index in [4.69, 9.17) is 0 Å². The fourth-order valence-corrected chi connectivity index (χ4v) is 2.44. The first-order valence-corrected chi connectivity index (χ1v) is 6.12. The van der Waals surface area contributed by atoms with Gasteiger partial charge in [-0.05, 0) is 30.9 Å². The highest BCUT2D eigenvalue weighted by Gasteiger charge is 2.37. The number of aliphatic hydroxyl groups is 1. The molecule has 0 aromatic heterocycles. The molecule has 1 aliphatic rings. The van der Waals surface area contributed by atoms with Crippen molar-refractivity contribution in [1.82, 2.24) is 5.32 Å². The number of hydrogen-bond acceptors (Lipinski definition) is 2. The Balaban J connectivity index is 2.14. The quantitative estimate of drug-likeness (QED) is 0.801. The minimum Gasteiger partial charge on any atom is -0.390 e. The smallest absolute Gasteiger partial charge is 0.0700 e. The largest absolute Gasteiger partial charge is 0.390 e. The number of benzene rings is 1. The predicted octanol–water partition coefficient (Wildman–Crippen LogP) is 2.50. The van der Waals surface area contributed by atoms with Crippen LogP contribution in [0.25, 0.3) is 0 Å². The van der Waals surface area contributed by atoms with Crippen molar-refractivity contribution in [1.29, 1.82) is 0 Å². The van der Waals surface area contributed by atoms with E-state index in [1.165, 1.54) is 5.56 Å². The van der Waals surface area contributed by atoms with Crippen molar-refractivity contribution in [3.8, 4) is 0 Å². The molecule has 2 unspecified atom stereocenters. The highest BCUT2D eigenvalue weighted by molar-refractivity contribution is 5.20. The molecule has 0 saturated carbocycles. The molecule has 2 nitrogen and oxygen atoms in total. The van der Waals surface area contributed by atoms with Crippen LogP contribution >= 0.6 is 0 Å². The van der Waals surface area contributed by atoms with Crippen LogP contribution in [0.1, 0.15) is 38.3 Å². The molecule has 1 saturated heterocycles. The lowest BCUT2D eigenvalue weighted by Crippen LogP contribution is -2.47. The van der Waals surface area contributed by atoms with Gasteiger partial charge in [-0.3, -0.25) is 0 Å². The average molecular weight is 219 g/mol. The summed E-state index contributed by atoms with van der Waals surface area (Å²) in [5.74, 6) is 0.320. The van der Waals surface area contributed by atoms with Crippen molar-refractivity contribution >= 4 is 0 Å². The minimum absolute atomic E-state index is 0.294. The Hall–Kier alpha value is -0.860. The molecule has 0 spiro atoms. The van der Waals surface area contributed by atoms with E-state index >= 15 is 0 Å². The molecule has 2 rings (SSSR count). The zero-order valence-corrected chi connectivity index (χ0v) is 10.1. The lowest BCUT2D eigenvalue weighted by Gasteiger charge is -2.40. The maximum absolute atomic E-state index is 10.5. The molecule has 1 fully saturated rings. The van der Waals surface area contributed by atoms with Gasteiger partial charge in [0.05, 0.1) is 5.60 Å². The standard InChI is InChI=1S/C14H21NO/c1-11(2)14(16)8-9-15-13(10-14)12-6-4-3-5-7-12/h3-7,11,13,15-16H,8-10H2,1-2H3. The lowest BCUT2D eigenvalue weighted by molar-refractivity contribution is -0.0439. The molecule has 1 aromatic rings. The monoisotopic (exact) mass is 219 g/mol. The van der Waals surface area contributed by atoms with Crippen molar-refractivity contribution in [2.75, 3.05) is 6.54 Å². The molecule has 1 aliphatic heterocycles. The summed E-state index contributed by atoms with van der Waals surface area (Å²) < 4.78 is 0. The van der Waals surface area contributed by atoms with Crippen molar-refractivity contribution in [3.63, 3.8) is 0 Å². The second-order valence-corrected chi connectivity index (χ2v) is 5.13. The second kappa shape index (κ2) is 4.56. The summed E-state index contributed by atoms with van der Waals surface area (Å²) in [5.41, 5.74) is 0.771. The van der Waals surface area contributed by atoms with Gasteiger partial charge >= 0.3 is 0 Å². The van der Waals surface area contributed by atoms with Gasteiger partial charge in [0.15, 0.2) is 0 Å². The van der Waals surface area contributed by atoms with E-state index in [-0.39, 0.29) is 0 Å². The molecule has 0 radical (unpaired) electrons. The van der Waals surface area contributed by atoms with Gasteiger partial charge < -0.3 is 10.4 Å². The van der Waals surface area contributed by atoms with Crippen LogP contribution in [0, 0.1) is 5.92 Å². The van der Waals surface area contributed by atoms with Gasteiger partial charge in [0, 0.05) is 6.04 Å². The Bertz CT molecular complexity index is 336. The molecule has 2 atom stereocenters. The van der Waals surface area contributed by atoms with Gasteiger partial charge in [0.2, 0.25) is 0 Å². The minimum atomic E-state index is -0.508. The molecule has 2 N–H and O–H groups in total. The summed E-state index contributed by atoms with van der Waals surface area (Å²) in [4.78, 5) is 0. The van der Waals surface area contributed by atoms with Gasteiger partial charge in [0.1, 0.15) is 0 Å². The second-order valence-electron chi connectivity index (χ2n) is 5.13. The van der Waals surface area contributed by atoms with E-state index in [9.17, 15) is 5.11 Å². The zero-order valence-electron chi connectivity index (χ0n) is 10.1. The van der Waals surface area contributed by atoms with Crippen molar-refractivity contribution in [2.24, 2.45) is 5.92 Å². The van der Waals surface area contributed by atoms with Crippen LogP contribution in [-0.2, 0) is 0 Å². The predicted molar refractivity (Wildman–Crippen MR) is 66.2 cm³/mol. The Labute approximate surface area is 97.7 Å². The van der Waals surface area contributed by atoms with E-state index in [2.05, 4.69) is 43.4 Å². The first kappa shape index (κ1) is 11.6. The average Bonchev–Trinajstić information content (AvgIpc) is 2.30. The topological polar surface area (TPSA) is 32.3 Å². The van der Waals surface area contributed by atoms with E-state index < -0.39 is 5.60 Å². The number of rotatable bonds is 2. The first-order valence-electron chi connectivity index (χ1n) is 6.12. The fourth-order valence-electron chi connectivity index (χ4n) is 2.44. The van der Waals surface area contributed by atoms with Gasteiger partial charge in [0.25, 0.3) is 0 Å². The van der Waals surface area contributed by atoms with Crippen LogP contribution in [0.3, 0.4) is 0 Å². The summed E-state index contributed by atoms with van der Waals surface area (Å²) in [6.45, 7) is 5.11. The van der Waals surface area contributed by atoms with Crippen LogP contribution < -0.4 is 5.32 Å². The fraction of sp³-hybridized carbons (Fsp3) is 0.571. The van der Waals surface area contributed by atoms with Crippen LogP contribution in [0.2, 0.25) is 0 Å². The SMILES string of the molecule is CC(C)C1(O)CCNC(c2ccccc2)C1. The van der Waals surface area contributed by atoms with Crippen molar-refractivity contribution in [3.05, 3.63) is 35.9 Å². The molecular formula is C14H21NO. The highest BCUT2D eigenvalue weighted by Crippen LogP contribution is 2.35. The third-order valence-corrected chi connectivity index (χ3v) is 3.78. The normalized spacial score (nSPS) is 30.6. The summed E-state index contributed by atoms with van der Waals surface area (Å²) in [6, 6.07) is 10.7. The summed E-state index contributed by atoms with van der Waals surface area (Å²) in [6.07, 6.45) is 1.67. The molecule has 0 aliphatic carbocycles. The third kappa shape index (κ3) is 2.28. The molecule has 16 heavy (non-hydrogen) atoms. The van der Waals surface area contributed by atoms with Crippen LogP contribution in [0.4, 0.5) is 0 Å².